The molecule has 34 heavy (non-hydrogen) atoms. The second kappa shape index (κ2) is 8.98. The maximum Gasteiger partial charge on any atom is 0.288 e. The fourth-order valence-corrected chi connectivity index (χ4v) is 4.06. The van der Waals surface area contributed by atoms with E-state index in [9.17, 15) is 13.6 Å². The smallest absolute Gasteiger partial charge is 0.288 e. The number of aryl methyl sites for hydroxylation is 2. The van der Waals surface area contributed by atoms with E-state index in [2.05, 4.69) is 26.0 Å². The van der Waals surface area contributed by atoms with Crippen molar-refractivity contribution in [3.63, 3.8) is 0 Å². The molecule has 3 aromatic heterocycles. The summed E-state index contributed by atoms with van der Waals surface area (Å²) in [7, 11) is 0. The van der Waals surface area contributed by atoms with Gasteiger partial charge in [0, 0.05) is 11.6 Å². The van der Waals surface area contributed by atoms with Crippen LogP contribution in [0.25, 0.3) is 5.65 Å². The van der Waals surface area contributed by atoms with Crippen LogP contribution < -0.4 is 15.6 Å². The Bertz CT molecular complexity index is 1360. The lowest BCUT2D eigenvalue weighted by Crippen LogP contribution is -2.30. The van der Waals surface area contributed by atoms with Crippen molar-refractivity contribution in [2.75, 3.05) is 5.43 Å². The molecule has 0 radical (unpaired) electrons. The lowest BCUT2D eigenvalue weighted by atomic mass is 9.98. The van der Waals surface area contributed by atoms with Crippen molar-refractivity contribution < 1.29 is 18.3 Å². The number of anilines is 1. The minimum atomic E-state index is -0.694. The van der Waals surface area contributed by atoms with Gasteiger partial charge in [0.15, 0.2) is 11.4 Å². The van der Waals surface area contributed by atoms with E-state index in [-0.39, 0.29) is 23.3 Å². The molecule has 8 nitrogen and oxygen atoms in total. The van der Waals surface area contributed by atoms with Crippen LogP contribution in [-0.2, 0) is 12.0 Å². The summed E-state index contributed by atoms with van der Waals surface area (Å²) >= 11 is 1.35. The Balaban J connectivity index is 1.58. The number of halogens is 2. The van der Waals surface area contributed by atoms with E-state index in [4.69, 9.17) is 4.74 Å². The fraction of sp³-hybridized carbons (Fsp3) is 0.304. The summed E-state index contributed by atoms with van der Waals surface area (Å²) in [5.41, 5.74) is 6.96. The molecule has 3 heterocycles. The molecule has 178 valence electrons. The Morgan fingerprint density at radius 2 is 1.88 bits per heavy atom. The molecule has 1 aromatic carbocycles. The molecule has 0 fully saturated rings. The van der Waals surface area contributed by atoms with Crippen LogP contribution in [0.3, 0.4) is 0 Å². The lowest BCUT2D eigenvalue weighted by molar-refractivity contribution is 0.0956. The molecular formula is C23H24F2N6O2S. The monoisotopic (exact) mass is 486 g/mol. The molecule has 0 bridgehead atoms. The first kappa shape index (κ1) is 23.6. The molecule has 2 N–H and O–H groups in total. The third kappa shape index (κ3) is 4.69. The molecule has 4 rings (SSSR count). The second-order valence-corrected chi connectivity index (χ2v) is 9.83. The number of benzene rings is 1. The number of imidazole rings is 1. The van der Waals surface area contributed by atoms with Gasteiger partial charge in [0.05, 0.1) is 11.3 Å². The summed E-state index contributed by atoms with van der Waals surface area (Å²) < 4.78 is 35.3. The highest BCUT2D eigenvalue weighted by Crippen LogP contribution is 2.28. The number of carbonyl (C=O) groups is 1. The average Bonchev–Trinajstić information content (AvgIpc) is 3.36. The normalized spacial score (nSPS) is 11.6. The first-order valence-corrected chi connectivity index (χ1v) is 11.3. The van der Waals surface area contributed by atoms with Crippen molar-refractivity contribution >= 4 is 28.0 Å². The maximum absolute atomic E-state index is 14.0. The molecule has 4 aromatic rings. The van der Waals surface area contributed by atoms with Gasteiger partial charge in [-0.3, -0.25) is 20.0 Å². The number of hydrogen-bond acceptors (Lipinski definition) is 7. The van der Waals surface area contributed by atoms with Gasteiger partial charge in [-0.05, 0) is 37.6 Å². The van der Waals surface area contributed by atoms with Gasteiger partial charge < -0.3 is 4.74 Å². The minimum absolute atomic E-state index is 0.153. The zero-order chi connectivity index (χ0) is 24.6. The average molecular weight is 487 g/mol. The summed E-state index contributed by atoms with van der Waals surface area (Å²) in [4.78, 5) is 17.5. The molecular weight excluding hydrogens is 462 g/mol. The molecule has 0 saturated carbocycles. The molecule has 0 unspecified atom stereocenters. The van der Waals surface area contributed by atoms with E-state index in [1.54, 1.807) is 23.6 Å². The first-order valence-electron chi connectivity index (χ1n) is 10.5. The summed E-state index contributed by atoms with van der Waals surface area (Å²) in [5, 5.41) is 9.49. The number of aromatic nitrogens is 4. The molecule has 0 spiro atoms. The quantitative estimate of drug-likeness (QED) is 0.383. The minimum Gasteiger partial charge on any atom is -0.485 e. The van der Waals surface area contributed by atoms with Crippen LogP contribution in [0.1, 0.15) is 53.1 Å². The Morgan fingerprint density at radius 1 is 1.18 bits per heavy atom. The van der Waals surface area contributed by atoms with Gasteiger partial charge >= 0.3 is 0 Å². The van der Waals surface area contributed by atoms with Crippen LogP contribution in [0.4, 0.5) is 13.9 Å². The highest BCUT2D eigenvalue weighted by molar-refractivity contribution is 7.15. The van der Waals surface area contributed by atoms with E-state index in [0.717, 1.165) is 10.6 Å². The Hall–Kier alpha value is -3.60. The van der Waals surface area contributed by atoms with Gasteiger partial charge in [0.2, 0.25) is 5.13 Å². The standard InChI is InChI=1S/C23H24F2N6O2S/c1-12-9-17(33-11-14-15(24)7-6-8-16(14)25)19-26-13(2)18(31(19)10-12)20(32)27-29-22-30-28-21(34-22)23(3,4)5/h6-10H,11H2,1-5H3,(H,27,32)(H,29,30). The number of nitrogens with zero attached hydrogens (tertiary/aromatic N) is 4. The molecule has 0 aliphatic rings. The highest BCUT2D eigenvalue weighted by Gasteiger charge is 2.22. The zero-order valence-corrected chi connectivity index (χ0v) is 20.2. The third-order valence-corrected chi connectivity index (χ3v) is 6.26. The van der Waals surface area contributed by atoms with Crippen molar-refractivity contribution in [1.82, 2.24) is 25.0 Å². The largest absolute Gasteiger partial charge is 0.485 e. The molecule has 0 aliphatic carbocycles. The lowest BCUT2D eigenvalue weighted by Gasteiger charge is -2.12. The van der Waals surface area contributed by atoms with Crippen LogP contribution >= 0.6 is 11.3 Å². The molecule has 0 atom stereocenters. The molecule has 1 amide bonds. The number of ether oxygens (including phenoxy) is 1. The Kier molecular flexibility index (Phi) is 6.22. The van der Waals surface area contributed by atoms with Crippen molar-refractivity contribution in [2.24, 2.45) is 0 Å². The molecule has 11 heteroatoms. The number of pyridine rings is 1. The summed E-state index contributed by atoms with van der Waals surface area (Å²) in [6.45, 7) is 9.28. The van der Waals surface area contributed by atoms with Gasteiger partial charge in [0.25, 0.3) is 5.91 Å². The van der Waals surface area contributed by atoms with Crippen molar-refractivity contribution in [1.29, 1.82) is 0 Å². The van der Waals surface area contributed by atoms with Gasteiger partial charge in [-0.15, -0.1) is 10.2 Å². The van der Waals surface area contributed by atoms with Crippen molar-refractivity contribution in [2.45, 2.75) is 46.6 Å². The Morgan fingerprint density at radius 3 is 2.53 bits per heavy atom. The number of fused-ring (bicyclic) bond motifs is 1. The van der Waals surface area contributed by atoms with E-state index in [1.165, 1.54) is 29.5 Å². The summed E-state index contributed by atoms with van der Waals surface area (Å²) in [5.74, 6) is -1.52. The maximum atomic E-state index is 14.0. The predicted octanol–water partition coefficient (Wildman–Crippen LogP) is 4.71. The fourth-order valence-electron chi connectivity index (χ4n) is 3.30. The van der Waals surface area contributed by atoms with E-state index in [1.807, 2.05) is 27.7 Å². The van der Waals surface area contributed by atoms with Crippen LogP contribution in [-0.4, -0.2) is 25.5 Å². The molecule has 0 aliphatic heterocycles. The van der Waals surface area contributed by atoms with Crippen molar-refractivity contribution in [3.05, 3.63) is 69.6 Å². The number of hydrazine groups is 1. The van der Waals surface area contributed by atoms with Crippen LogP contribution in [0.2, 0.25) is 0 Å². The van der Waals surface area contributed by atoms with E-state index < -0.39 is 17.5 Å². The zero-order valence-electron chi connectivity index (χ0n) is 19.4. The Labute approximate surface area is 199 Å². The number of hydrogen-bond donors (Lipinski definition) is 2. The molecule has 0 saturated heterocycles. The number of amides is 1. The van der Waals surface area contributed by atoms with E-state index in [0.29, 0.717) is 22.2 Å². The topological polar surface area (TPSA) is 93.4 Å². The number of carbonyl (C=O) groups excluding carboxylic acids is 1. The third-order valence-electron chi connectivity index (χ3n) is 5.00. The van der Waals surface area contributed by atoms with Crippen LogP contribution in [0.5, 0.6) is 5.75 Å². The SMILES string of the molecule is Cc1cc(OCc2c(F)cccc2F)c2nc(C)c(C(=O)NNc3nnc(C(C)(C)C)s3)n2c1. The summed E-state index contributed by atoms with van der Waals surface area (Å²) in [6.07, 6.45) is 1.74. The second-order valence-electron chi connectivity index (χ2n) is 8.85. The van der Waals surface area contributed by atoms with Gasteiger partial charge in [-0.25, -0.2) is 13.8 Å². The van der Waals surface area contributed by atoms with Crippen molar-refractivity contribution in [3.8, 4) is 5.75 Å². The van der Waals surface area contributed by atoms with E-state index >= 15 is 0 Å². The van der Waals surface area contributed by atoms with Crippen LogP contribution in [0, 0.1) is 25.5 Å². The number of rotatable bonds is 6. The predicted molar refractivity (Wildman–Crippen MR) is 125 cm³/mol. The van der Waals surface area contributed by atoms with Gasteiger partial charge in [-0.1, -0.05) is 38.2 Å². The number of nitrogens with one attached hydrogen (secondary N) is 2. The first-order chi connectivity index (χ1) is 16.0. The van der Waals surface area contributed by atoms with Crippen LogP contribution in [0.15, 0.2) is 30.5 Å². The summed E-state index contributed by atoms with van der Waals surface area (Å²) in [6, 6.07) is 5.34. The van der Waals surface area contributed by atoms with Gasteiger partial charge in [-0.2, -0.15) is 0 Å². The highest BCUT2D eigenvalue weighted by atomic mass is 32.1. The van der Waals surface area contributed by atoms with Gasteiger partial charge in [0.1, 0.15) is 28.9 Å².